The minimum Gasteiger partial charge on any atom is -0.493 e. The van der Waals surface area contributed by atoms with Crippen molar-refractivity contribution in [1.29, 1.82) is 0 Å². The zero-order valence-electron chi connectivity index (χ0n) is 16.9. The molecule has 156 valence electrons. The average Bonchev–Trinajstić information content (AvgIpc) is 2.98. The van der Waals surface area contributed by atoms with Crippen molar-refractivity contribution < 1.29 is 23.9 Å². The zero-order chi connectivity index (χ0) is 21.7. The third-order valence-electron chi connectivity index (χ3n) is 4.59. The quantitative estimate of drug-likeness (QED) is 0.647. The molecule has 30 heavy (non-hydrogen) atoms. The Labute approximate surface area is 174 Å². The lowest BCUT2D eigenvalue weighted by Crippen LogP contribution is -2.37. The van der Waals surface area contributed by atoms with Gasteiger partial charge in [0.25, 0.3) is 17.7 Å². The van der Waals surface area contributed by atoms with Gasteiger partial charge in [0.05, 0.1) is 36.4 Å². The van der Waals surface area contributed by atoms with Crippen LogP contribution in [0.25, 0.3) is 0 Å². The fraction of sp³-hybridized carbons (Fsp3) is 0.273. The van der Waals surface area contributed by atoms with Gasteiger partial charge in [-0.05, 0) is 43.7 Å². The van der Waals surface area contributed by atoms with Crippen molar-refractivity contribution in [3.05, 3.63) is 64.7 Å². The maximum absolute atomic E-state index is 12.6. The van der Waals surface area contributed by atoms with Gasteiger partial charge in [-0.15, -0.1) is 0 Å². The Morgan fingerprint density at radius 2 is 1.63 bits per heavy atom. The molecule has 0 saturated heterocycles. The van der Waals surface area contributed by atoms with Crippen LogP contribution in [0.5, 0.6) is 5.75 Å². The minimum absolute atomic E-state index is 0.0232. The van der Waals surface area contributed by atoms with E-state index in [2.05, 4.69) is 10.6 Å². The fourth-order valence-electron chi connectivity index (χ4n) is 3.22. The largest absolute Gasteiger partial charge is 0.493 e. The molecular weight excluding hydrogens is 386 g/mol. The van der Waals surface area contributed by atoms with Crippen LogP contribution in [0.1, 0.15) is 50.5 Å². The SMILES string of the molecule is CCNC(=O)CNC(=O)c1cc(CN2C(=O)c3ccccc3C2=O)ccc1OCC. The van der Waals surface area contributed by atoms with Crippen molar-refractivity contribution in [3.8, 4) is 5.75 Å². The van der Waals surface area contributed by atoms with Crippen molar-refractivity contribution in [2.75, 3.05) is 19.7 Å². The van der Waals surface area contributed by atoms with Gasteiger partial charge >= 0.3 is 0 Å². The molecule has 0 atom stereocenters. The molecule has 2 N–H and O–H groups in total. The lowest BCUT2D eigenvalue weighted by molar-refractivity contribution is -0.120. The lowest BCUT2D eigenvalue weighted by Gasteiger charge is -2.16. The number of fused-ring (bicyclic) bond motifs is 1. The van der Waals surface area contributed by atoms with E-state index in [0.29, 0.717) is 35.6 Å². The highest BCUT2D eigenvalue weighted by Gasteiger charge is 2.35. The average molecular weight is 409 g/mol. The molecule has 0 unspecified atom stereocenters. The third-order valence-corrected chi connectivity index (χ3v) is 4.59. The highest BCUT2D eigenvalue weighted by molar-refractivity contribution is 6.21. The van der Waals surface area contributed by atoms with Gasteiger partial charge in [-0.1, -0.05) is 18.2 Å². The predicted molar refractivity (Wildman–Crippen MR) is 109 cm³/mol. The first-order valence-corrected chi connectivity index (χ1v) is 9.72. The summed E-state index contributed by atoms with van der Waals surface area (Å²) in [6.07, 6.45) is 0. The number of nitrogens with zero attached hydrogens (tertiary/aromatic N) is 1. The van der Waals surface area contributed by atoms with Gasteiger partial charge in [0.2, 0.25) is 5.91 Å². The Hall–Kier alpha value is -3.68. The van der Waals surface area contributed by atoms with E-state index >= 15 is 0 Å². The Kier molecular flexibility index (Phi) is 6.46. The van der Waals surface area contributed by atoms with Gasteiger partial charge in [-0.25, -0.2) is 0 Å². The normalized spacial score (nSPS) is 12.5. The summed E-state index contributed by atoms with van der Waals surface area (Å²) < 4.78 is 5.52. The number of likely N-dealkylation sites (N-methyl/N-ethyl adjacent to an activating group) is 1. The van der Waals surface area contributed by atoms with Gasteiger partial charge in [-0.3, -0.25) is 24.1 Å². The van der Waals surface area contributed by atoms with Crippen molar-refractivity contribution >= 4 is 23.6 Å². The molecule has 0 saturated carbocycles. The molecule has 1 aliphatic rings. The predicted octanol–water partition coefficient (Wildman–Crippen LogP) is 1.75. The second-order valence-electron chi connectivity index (χ2n) is 6.64. The monoisotopic (exact) mass is 409 g/mol. The molecule has 0 bridgehead atoms. The van der Waals surface area contributed by atoms with E-state index in [0.717, 1.165) is 4.90 Å². The molecule has 1 heterocycles. The molecule has 2 aromatic carbocycles. The van der Waals surface area contributed by atoms with E-state index in [9.17, 15) is 19.2 Å². The lowest BCUT2D eigenvalue weighted by atomic mass is 10.1. The first-order valence-electron chi connectivity index (χ1n) is 9.72. The van der Waals surface area contributed by atoms with Crippen LogP contribution in [0, 0.1) is 0 Å². The molecule has 0 fully saturated rings. The van der Waals surface area contributed by atoms with Crippen molar-refractivity contribution in [2.24, 2.45) is 0 Å². The van der Waals surface area contributed by atoms with E-state index in [1.807, 2.05) is 0 Å². The maximum Gasteiger partial charge on any atom is 0.261 e. The van der Waals surface area contributed by atoms with Crippen LogP contribution in [0.4, 0.5) is 0 Å². The summed E-state index contributed by atoms with van der Waals surface area (Å²) in [7, 11) is 0. The number of carbonyl (C=O) groups excluding carboxylic acids is 4. The van der Waals surface area contributed by atoms with Gasteiger partial charge in [-0.2, -0.15) is 0 Å². The van der Waals surface area contributed by atoms with Gasteiger partial charge in [0.1, 0.15) is 5.75 Å². The van der Waals surface area contributed by atoms with Crippen LogP contribution < -0.4 is 15.4 Å². The first kappa shape index (κ1) is 21.0. The Balaban J connectivity index is 1.81. The zero-order valence-corrected chi connectivity index (χ0v) is 16.9. The topological polar surface area (TPSA) is 105 Å². The van der Waals surface area contributed by atoms with Crippen molar-refractivity contribution in [1.82, 2.24) is 15.5 Å². The molecular formula is C22H23N3O5. The number of nitrogens with one attached hydrogen (secondary N) is 2. The van der Waals surface area contributed by atoms with Crippen LogP contribution in [-0.2, 0) is 11.3 Å². The van der Waals surface area contributed by atoms with E-state index in [4.69, 9.17) is 4.74 Å². The van der Waals surface area contributed by atoms with Gasteiger partial charge in [0, 0.05) is 6.54 Å². The maximum atomic E-state index is 12.6. The number of benzene rings is 2. The van der Waals surface area contributed by atoms with E-state index in [1.165, 1.54) is 0 Å². The molecule has 3 rings (SSSR count). The number of imide groups is 1. The number of ether oxygens (including phenoxy) is 1. The summed E-state index contributed by atoms with van der Waals surface area (Å²) in [5, 5.41) is 5.16. The number of hydrogen-bond donors (Lipinski definition) is 2. The molecule has 0 aromatic heterocycles. The first-order chi connectivity index (χ1) is 14.5. The second-order valence-corrected chi connectivity index (χ2v) is 6.64. The molecule has 0 spiro atoms. The summed E-state index contributed by atoms with van der Waals surface area (Å²) >= 11 is 0. The van der Waals surface area contributed by atoms with Gasteiger partial charge in [0.15, 0.2) is 0 Å². The van der Waals surface area contributed by atoms with Crippen LogP contribution in [-0.4, -0.2) is 48.2 Å². The van der Waals surface area contributed by atoms with Crippen LogP contribution in [0.15, 0.2) is 42.5 Å². The number of hydrogen-bond acceptors (Lipinski definition) is 5. The molecule has 0 aliphatic carbocycles. The second kappa shape index (κ2) is 9.21. The molecule has 8 nitrogen and oxygen atoms in total. The number of carbonyl (C=O) groups is 4. The van der Waals surface area contributed by atoms with Crippen molar-refractivity contribution in [2.45, 2.75) is 20.4 Å². The summed E-state index contributed by atoms with van der Waals surface area (Å²) in [5.41, 5.74) is 1.56. The van der Waals surface area contributed by atoms with E-state index < -0.39 is 5.91 Å². The van der Waals surface area contributed by atoms with Crippen LogP contribution in [0.2, 0.25) is 0 Å². The number of amides is 4. The Morgan fingerprint density at radius 3 is 2.23 bits per heavy atom. The smallest absolute Gasteiger partial charge is 0.261 e. The highest BCUT2D eigenvalue weighted by atomic mass is 16.5. The fourth-order valence-corrected chi connectivity index (χ4v) is 3.22. The standard InChI is InChI=1S/C22H23N3O5/c1-3-23-19(26)12-24-20(27)17-11-14(9-10-18(17)30-4-2)13-25-21(28)15-7-5-6-8-16(15)22(25)29/h5-11H,3-4,12-13H2,1-2H3,(H,23,26)(H,24,27). The molecule has 8 heteroatoms. The molecule has 4 amide bonds. The van der Waals surface area contributed by atoms with Gasteiger partial charge < -0.3 is 15.4 Å². The molecule has 2 aromatic rings. The summed E-state index contributed by atoms with van der Waals surface area (Å²) in [6, 6.07) is 11.6. The summed E-state index contributed by atoms with van der Waals surface area (Å²) in [6.45, 7) is 4.26. The summed E-state index contributed by atoms with van der Waals surface area (Å²) in [5.74, 6) is -1.16. The van der Waals surface area contributed by atoms with Crippen LogP contribution in [0.3, 0.4) is 0 Å². The summed E-state index contributed by atoms with van der Waals surface area (Å²) in [4.78, 5) is 50.6. The Bertz CT molecular complexity index is 967. The number of rotatable bonds is 8. The van der Waals surface area contributed by atoms with Crippen molar-refractivity contribution in [3.63, 3.8) is 0 Å². The van der Waals surface area contributed by atoms with E-state index in [1.54, 1.807) is 56.3 Å². The van der Waals surface area contributed by atoms with Crippen LogP contribution >= 0.6 is 0 Å². The minimum atomic E-state index is -0.478. The Morgan fingerprint density at radius 1 is 0.967 bits per heavy atom. The molecule has 0 radical (unpaired) electrons. The van der Waals surface area contributed by atoms with E-state index in [-0.39, 0.29) is 36.4 Å². The highest BCUT2D eigenvalue weighted by Crippen LogP contribution is 2.26. The molecule has 1 aliphatic heterocycles. The third kappa shape index (κ3) is 4.32.